The van der Waals surface area contributed by atoms with Gasteiger partial charge >= 0.3 is 0 Å². The highest BCUT2D eigenvalue weighted by atomic mass is 35.5. The summed E-state index contributed by atoms with van der Waals surface area (Å²) in [7, 11) is 7.28. The molecule has 0 saturated carbocycles. The minimum atomic E-state index is 0. The van der Waals surface area contributed by atoms with Crippen LogP contribution in [0.3, 0.4) is 0 Å². The van der Waals surface area contributed by atoms with Gasteiger partial charge in [0.25, 0.3) is 0 Å². The average Bonchev–Trinajstić information content (AvgIpc) is 2.50. The van der Waals surface area contributed by atoms with E-state index in [1.807, 2.05) is 0 Å². The van der Waals surface area contributed by atoms with Gasteiger partial charge < -0.3 is 31.1 Å². The minimum absolute atomic E-state index is 0. The summed E-state index contributed by atoms with van der Waals surface area (Å²) in [5.74, 6) is 2.11. The summed E-state index contributed by atoms with van der Waals surface area (Å²) in [6, 6.07) is 4.12. The maximum absolute atomic E-state index is 5.46. The van der Waals surface area contributed by atoms with E-state index in [9.17, 15) is 0 Å². The van der Waals surface area contributed by atoms with Crippen LogP contribution in [0.1, 0.15) is 25.8 Å². The molecule has 4 nitrogen and oxygen atoms in total. The molecule has 1 aliphatic rings. The van der Waals surface area contributed by atoms with Gasteiger partial charge in [-0.15, -0.1) is 0 Å². The molecule has 0 aromatic heterocycles. The fourth-order valence-electron chi connectivity index (χ4n) is 3.24. The SMILES string of the molecule is COc1cc(C[N+]2(C)CCC(C)=C(C)C2)cc(OC)c1OC.[Cl-]. The molecule has 0 bridgehead atoms. The normalized spacial score (nSPS) is 20.8. The van der Waals surface area contributed by atoms with E-state index in [4.69, 9.17) is 14.2 Å². The van der Waals surface area contributed by atoms with Gasteiger partial charge in [-0.3, -0.25) is 0 Å². The molecule has 0 spiro atoms. The molecule has 0 saturated heterocycles. The zero-order valence-corrected chi connectivity index (χ0v) is 15.8. The standard InChI is InChI=1S/C18H28NO3.ClH/c1-13-7-8-19(3,11-14(13)2)12-15-9-16(20-4)18(22-6)17(10-15)21-5;/h9-10H,7-8,11-12H2,1-6H3;1H/q+1;/p-1. The first-order valence-electron chi connectivity index (χ1n) is 7.70. The fraction of sp³-hybridized carbons (Fsp3) is 0.556. The van der Waals surface area contributed by atoms with E-state index < -0.39 is 0 Å². The lowest BCUT2D eigenvalue weighted by atomic mass is 10.00. The average molecular weight is 342 g/mol. The van der Waals surface area contributed by atoms with Crippen LogP contribution in [0.15, 0.2) is 23.3 Å². The highest BCUT2D eigenvalue weighted by molar-refractivity contribution is 5.53. The van der Waals surface area contributed by atoms with Gasteiger partial charge in [0.15, 0.2) is 11.5 Å². The Morgan fingerprint density at radius 2 is 1.52 bits per heavy atom. The number of nitrogens with zero attached hydrogens (tertiary/aromatic N) is 1. The number of rotatable bonds is 5. The van der Waals surface area contributed by atoms with Gasteiger partial charge in [0.05, 0.1) is 34.9 Å². The summed E-state index contributed by atoms with van der Waals surface area (Å²) in [6.07, 6.45) is 1.17. The zero-order chi connectivity index (χ0) is 16.3. The molecule has 1 aromatic rings. The van der Waals surface area contributed by atoms with Gasteiger partial charge in [-0.25, -0.2) is 0 Å². The molecular weight excluding hydrogens is 314 g/mol. The third-order valence-electron chi connectivity index (χ3n) is 4.66. The molecule has 5 heteroatoms. The predicted molar refractivity (Wildman–Crippen MR) is 88.7 cm³/mol. The lowest BCUT2D eigenvalue weighted by Gasteiger charge is -2.39. The third kappa shape index (κ3) is 4.33. The van der Waals surface area contributed by atoms with Crippen molar-refractivity contribution in [3.63, 3.8) is 0 Å². The maximum Gasteiger partial charge on any atom is 0.203 e. The number of hydrogen-bond acceptors (Lipinski definition) is 3. The second-order valence-corrected chi connectivity index (χ2v) is 6.50. The van der Waals surface area contributed by atoms with Crippen LogP contribution < -0.4 is 26.6 Å². The van der Waals surface area contributed by atoms with E-state index in [1.165, 1.54) is 24.1 Å². The van der Waals surface area contributed by atoms with Gasteiger partial charge in [0, 0.05) is 12.0 Å². The van der Waals surface area contributed by atoms with E-state index >= 15 is 0 Å². The third-order valence-corrected chi connectivity index (χ3v) is 4.66. The van der Waals surface area contributed by atoms with Gasteiger partial charge in [-0.1, -0.05) is 5.57 Å². The van der Waals surface area contributed by atoms with Crippen LogP contribution in [0.4, 0.5) is 0 Å². The van der Waals surface area contributed by atoms with E-state index in [1.54, 1.807) is 26.9 Å². The van der Waals surface area contributed by atoms with Crippen LogP contribution in [0, 0.1) is 0 Å². The Morgan fingerprint density at radius 3 is 1.96 bits per heavy atom. The molecule has 2 rings (SSSR count). The number of hydrogen-bond donors (Lipinski definition) is 0. The van der Waals surface area contributed by atoms with Crippen LogP contribution in [0.5, 0.6) is 17.2 Å². The second-order valence-electron chi connectivity index (χ2n) is 6.50. The first kappa shape index (κ1) is 19.7. The summed E-state index contributed by atoms with van der Waals surface area (Å²) < 4.78 is 17.3. The first-order chi connectivity index (χ1) is 10.4. The molecule has 0 N–H and O–H groups in total. The summed E-state index contributed by atoms with van der Waals surface area (Å²) in [5.41, 5.74) is 4.27. The van der Waals surface area contributed by atoms with Gasteiger partial charge in [-0.05, 0) is 31.6 Å². The van der Waals surface area contributed by atoms with E-state index in [-0.39, 0.29) is 12.4 Å². The molecule has 0 fully saturated rings. The summed E-state index contributed by atoms with van der Waals surface area (Å²) in [4.78, 5) is 0. The Hall–Kier alpha value is -1.39. The van der Waals surface area contributed by atoms with Crippen LogP contribution in [0.2, 0.25) is 0 Å². The van der Waals surface area contributed by atoms with E-state index in [0.717, 1.165) is 29.1 Å². The summed E-state index contributed by atoms with van der Waals surface area (Å²) in [5, 5.41) is 0. The number of likely N-dealkylation sites (N-methyl/N-ethyl adjacent to an activating group) is 1. The lowest BCUT2D eigenvalue weighted by Crippen LogP contribution is -3.00. The van der Waals surface area contributed by atoms with Crippen molar-refractivity contribution in [2.75, 3.05) is 41.5 Å². The Morgan fingerprint density at radius 1 is 0.957 bits per heavy atom. The van der Waals surface area contributed by atoms with Crippen LogP contribution >= 0.6 is 0 Å². The summed E-state index contributed by atoms with van der Waals surface area (Å²) in [6.45, 7) is 7.72. The number of halogens is 1. The zero-order valence-electron chi connectivity index (χ0n) is 15.0. The van der Waals surface area contributed by atoms with Crippen LogP contribution in [-0.2, 0) is 6.54 Å². The molecule has 0 amide bonds. The molecule has 1 atom stereocenters. The van der Waals surface area contributed by atoms with E-state index in [0.29, 0.717) is 5.75 Å². The highest BCUT2D eigenvalue weighted by Crippen LogP contribution is 2.39. The first-order valence-corrected chi connectivity index (χ1v) is 7.70. The van der Waals surface area contributed by atoms with Crippen molar-refractivity contribution in [2.45, 2.75) is 26.8 Å². The van der Waals surface area contributed by atoms with Crippen LogP contribution in [0.25, 0.3) is 0 Å². The monoisotopic (exact) mass is 341 g/mol. The molecule has 1 aromatic carbocycles. The quantitative estimate of drug-likeness (QED) is 0.573. The number of methoxy groups -OCH3 is 3. The Balaban J connectivity index is 0.00000264. The second kappa shape index (κ2) is 7.93. The van der Waals surface area contributed by atoms with Crippen LogP contribution in [-0.4, -0.2) is 45.9 Å². The van der Waals surface area contributed by atoms with Crippen molar-refractivity contribution in [1.82, 2.24) is 0 Å². The predicted octanol–water partition coefficient (Wildman–Crippen LogP) is 0.403. The van der Waals surface area contributed by atoms with Gasteiger partial charge in [-0.2, -0.15) is 0 Å². The van der Waals surface area contributed by atoms with Crippen molar-refractivity contribution < 1.29 is 31.1 Å². The molecule has 1 unspecified atom stereocenters. The van der Waals surface area contributed by atoms with Crippen molar-refractivity contribution in [2.24, 2.45) is 0 Å². The van der Waals surface area contributed by atoms with Crippen molar-refractivity contribution >= 4 is 0 Å². The molecule has 130 valence electrons. The molecule has 0 aliphatic carbocycles. The maximum atomic E-state index is 5.46. The Bertz CT molecular complexity index is 561. The molecule has 1 aliphatic heterocycles. The van der Waals surface area contributed by atoms with E-state index in [2.05, 4.69) is 33.0 Å². The Kier molecular flexibility index (Phi) is 6.78. The Labute approximate surface area is 146 Å². The van der Waals surface area contributed by atoms with Crippen molar-refractivity contribution in [1.29, 1.82) is 0 Å². The fourth-order valence-corrected chi connectivity index (χ4v) is 3.24. The van der Waals surface area contributed by atoms with Gasteiger partial charge in [0.2, 0.25) is 5.75 Å². The lowest BCUT2D eigenvalue weighted by molar-refractivity contribution is -0.919. The summed E-state index contributed by atoms with van der Waals surface area (Å²) >= 11 is 0. The smallest absolute Gasteiger partial charge is 0.203 e. The molecule has 0 radical (unpaired) electrons. The molecule has 23 heavy (non-hydrogen) atoms. The topological polar surface area (TPSA) is 27.7 Å². The molecule has 1 heterocycles. The van der Waals surface area contributed by atoms with Crippen molar-refractivity contribution in [3.8, 4) is 17.2 Å². The highest BCUT2D eigenvalue weighted by Gasteiger charge is 2.28. The van der Waals surface area contributed by atoms with Crippen molar-refractivity contribution in [3.05, 3.63) is 28.8 Å². The minimum Gasteiger partial charge on any atom is -1.00 e. The number of quaternary nitrogens is 1. The number of ether oxygens (including phenoxy) is 3. The number of benzene rings is 1. The molecular formula is C18H28ClNO3. The largest absolute Gasteiger partial charge is 1.00 e. The van der Waals surface area contributed by atoms with Gasteiger partial charge in [0.1, 0.15) is 13.1 Å².